The summed E-state index contributed by atoms with van der Waals surface area (Å²) in [6, 6.07) is 0. The highest BCUT2D eigenvalue weighted by Crippen LogP contribution is 2.32. The Labute approximate surface area is 105 Å². The molecule has 0 radical (unpaired) electrons. The molecule has 0 saturated carbocycles. The molecule has 0 fully saturated rings. The van der Waals surface area contributed by atoms with E-state index in [0.29, 0.717) is 5.71 Å². The van der Waals surface area contributed by atoms with Crippen LogP contribution in [0.2, 0.25) is 0 Å². The molecule has 0 N–H and O–H groups in total. The van der Waals surface area contributed by atoms with Crippen LogP contribution < -0.4 is 0 Å². The molecule has 4 nitrogen and oxygen atoms in total. The normalized spacial score (nSPS) is 11.6. The zero-order valence-corrected chi connectivity index (χ0v) is 11.2. The van der Waals surface area contributed by atoms with E-state index >= 15 is 0 Å². The van der Waals surface area contributed by atoms with Gasteiger partial charge in [0.25, 0.3) is 0 Å². The van der Waals surface area contributed by atoms with Crippen LogP contribution in [-0.4, -0.2) is 15.0 Å². The summed E-state index contributed by atoms with van der Waals surface area (Å²) in [4.78, 5) is 13.4. The molecule has 0 aliphatic carbocycles. The number of hydrogen-bond acceptors (Lipinski definition) is 4. The summed E-state index contributed by atoms with van der Waals surface area (Å²) in [6.45, 7) is 10.0. The number of pyridine rings is 1. The maximum Gasteiger partial charge on any atom is 0.229 e. The van der Waals surface area contributed by atoms with Gasteiger partial charge in [0, 0.05) is 5.69 Å². The van der Waals surface area contributed by atoms with E-state index in [4.69, 9.17) is 4.42 Å². The van der Waals surface area contributed by atoms with E-state index in [-0.39, 0.29) is 0 Å². The molecule has 0 aliphatic rings. The maximum atomic E-state index is 5.82. The summed E-state index contributed by atoms with van der Waals surface area (Å²) >= 11 is 0. The van der Waals surface area contributed by atoms with Crippen molar-refractivity contribution in [3.63, 3.8) is 0 Å². The van der Waals surface area contributed by atoms with Crippen molar-refractivity contribution in [1.29, 1.82) is 0 Å². The predicted octanol–water partition coefficient (Wildman–Crippen LogP) is 3.31. The molecule has 3 heterocycles. The van der Waals surface area contributed by atoms with Crippen molar-refractivity contribution >= 4 is 22.2 Å². The first-order valence-electron chi connectivity index (χ1n) is 6.00. The molecular formula is C14H15N3O. The second-order valence-electron chi connectivity index (χ2n) is 4.76. The van der Waals surface area contributed by atoms with Gasteiger partial charge in [0.05, 0.1) is 11.1 Å². The first-order valence-corrected chi connectivity index (χ1v) is 6.00. The summed E-state index contributed by atoms with van der Waals surface area (Å²) in [5.41, 5.74) is 6.53. The highest BCUT2D eigenvalue weighted by atomic mass is 16.3. The Kier molecular flexibility index (Phi) is 2.17. The minimum Gasteiger partial charge on any atom is -0.434 e. The van der Waals surface area contributed by atoms with Gasteiger partial charge in [0.1, 0.15) is 11.3 Å². The fourth-order valence-electron chi connectivity index (χ4n) is 2.35. The molecule has 0 atom stereocenters. The largest absolute Gasteiger partial charge is 0.434 e. The van der Waals surface area contributed by atoms with Crippen LogP contribution in [0.3, 0.4) is 0 Å². The Bertz CT molecular complexity index is 787. The smallest absolute Gasteiger partial charge is 0.229 e. The molecule has 18 heavy (non-hydrogen) atoms. The highest BCUT2D eigenvalue weighted by molar-refractivity contribution is 6.03. The molecule has 0 spiro atoms. The van der Waals surface area contributed by atoms with Crippen molar-refractivity contribution in [1.82, 2.24) is 15.0 Å². The number of rotatable bonds is 0. The third-order valence-corrected chi connectivity index (χ3v) is 3.55. The minimum absolute atomic E-state index is 0.661. The molecule has 92 valence electrons. The average Bonchev–Trinajstić information content (AvgIpc) is 2.65. The predicted molar refractivity (Wildman–Crippen MR) is 70.8 cm³/mol. The molecule has 0 saturated heterocycles. The van der Waals surface area contributed by atoms with Gasteiger partial charge in [-0.3, -0.25) is 0 Å². The number of hydrogen-bond donors (Lipinski definition) is 0. The van der Waals surface area contributed by atoms with Crippen molar-refractivity contribution in [3.05, 3.63) is 28.3 Å². The van der Waals surface area contributed by atoms with E-state index in [1.54, 1.807) is 0 Å². The molecule has 0 amide bonds. The lowest BCUT2D eigenvalue weighted by Gasteiger charge is -2.03. The summed E-state index contributed by atoms with van der Waals surface area (Å²) < 4.78 is 5.82. The van der Waals surface area contributed by atoms with Gasteiger partial charge in [0.2, 0.25) is 5.71 Å². The van der Waals surface area contributed by atoms with Gasteiger partial charge in [-0.05, 0) is 45.7 Å². The average molecular weight is 241 g/mol. The molecule has 0 unspecified atom stereocenters. The molecule has 0 aliphatic heterocycles. The fourth-order valence-corrected chi connectivity index (χ4v) is 2.35. The van der Waals surface area contributed by atoms with Crippen LogP contribution in [0.1, 0.15) is 28.3 Å². The SMILES string of the molecule is Cc1nc(C)c2oc3nc(C)c(C)c(C)c3c2n1. The zero-order valence-electron chi connectivity index (χ0n) is 11.2. The van der Waals surface area contributed by atoms with Crippen molar-refractivity contribution < 1.29 is 4.42 Å². The number of aryl methyl sites for hydroxylation is 4. The van der Waals surface area contributed by atoms with Crippen molar-refractivity contribution in [2.45, 2.75) is 34.6 Å². The Morgan fingerprint density at radius 3 is 2.22 bits per heavy atom. The number of fused-ring (bicyclic) bond motifs is 3. The molecule has 0 bridgehead atoms. The summed E-state index contributed by atoms with van der Waals surface area (Å²) in [5.74, 6) is 0.764. The van der Waals surface area contributed by atoms with Crippen LogP contribution in [0, 0.1) is 34.6 Å². The summed E-state index contributed by atoms with van der Waals surface area (Å²) in [6.07, 6.45) is 0. The Morgan fingerprint density at radius 1 is 0.778 bits per heavy atom. The lowest BCUT2D eigenvalue weighted by Crippen LogP contribution is -1.93. The molecular weight excluding hydrogens is 226 g/mol. The second kappa shape index (κ2) is 3.51. The minimum atomic E-state index is 0.661. The van der Waals surface area contributed by atoms with E-state index in [2.05, 4.69) is 28.8 Å². The van der Waals surface area contributed by atoms with E-state index in [1.165, 1.54) is 11.1 Å². The van der Waals surface area contributed by atoms with E-state index in [1.807, 2.05) is 20.8 Å². The second-order valence-corrected chi connectivity index (χ2v) is 4.76. The van der Waals surface area contributed by atoms with Crippen LogP contribution in [-0.2, 0) is 0 Å². The van der Waals surface area contributed by atoms with Crippen molar-refractivity contribution in [2.24, 2.45) is 0 Å². The zero-order chi connectivity index (χ0) is 13.0. The summed E-state index contributed by atoms with van der Waals surface area (Å²) in [7, 11) is 0. The summed E-state index contributed by atoms with van der Waals surface area (Å²) in [5, 5.41) is 1.02. The standard InChI is InChI=1S/C14H15N3O/c1-6-7(2)11-12-13(9(4)15-10(5)17-12)18-14(11)16-8(6)3/h1-5H3. The number of aromatic nitrogens is 3. The third-order valence-electron chi connectivity index (χ3n) is 3.55. The number of furan rings is 1. The maximum absolute atomic E-state index is 5.82. The van der Waals surface area contributed by atoms with E-state index in [0.717, 1.165) is 33.7 Å². The van der Waals surface area contributed by atoms with Gasteiger partial charge in [-0.1, -0.05) is 0 Å². The topological polar surface area (TPSA) is 51.8 Å². The third kappa shape index (κ3) is 1.35. The highest BCUT2D eigenvalue weighted by Gasteiger charge is 2.17. The van der Waals surface area contributed by atoms with E-state index in [9.17, 15) is 0 Å². The number of nitrogens with zero attached hydrogens (tertiary/aromatic N) is 3. The van der Waals surface area contributed by atoms with Crippen LogP contribution in [0.4, 0.5) is 0 Å². The van der Waals surface area contributed by atoms with Gasteiger partial charge in [0.15, 0.2) is 5.58 Å². The lowest BCUT2D eigenvalue weighted by molar-refractivity contribution is 0.644. The van der Waals surface area contributed by atoms with Gasteiger partial charge < -0.3 is 4.42 Å². The molecule has 3 aromatic heterocycles. The van der Waals surface area contributed by atoms with Crippen molar-refractivity contribution in [3.8, 4) is 0 Å². The molecule has 3 rings (SSSR count). The van der Waals surface area contributed by atoms with Crippen LogP contribution in [0.25, 0.3) is 22.2 Å². The molecule has 4 heteroatoms. The van der Waals surface area contributed by atoms with Crippen LogP contribution in [0.5, 0.6) is 0 Å². The Hall–Kier alpha value is -1.97. The lowest BCUT2D eigenvalue weighted by atomic mass is 10.1. The van der Waals surface area contributed by atoms with Crippen LogP contribution in [0.15, 0.2) is 4.42 Å². The Morgan fingerprint density at radius 2 is 1.50 bits per heavy atom. The van der Waals surface area contributed by atoms with Crippen LogP contribution >= 0.6 is 0 Å². The molecule has 0 aromatic carbocycles. The molecule has 3 aromatic rings. The fraction of sp³-hybridized carbons (Fsp3) is 0.357. The quantitative estimate of drug-likeness (QED) is 0.606. The van der Waals surface area contributed by atoms with Gasteiger partial charge in [-0.2, -0.15) is 0 Å². The monoisotopic (exact) mass is 241 g/mol. The Balaban J connectivity index is 2.62. The van der Waals surface area contributed by atoms with E-state index < -0.39 is 0 Å². The first kappa shape index (κ1) is 11.1. The van der Waals surface area contributed by atoms with Gasteiger partial charge in [-0.15, -0.1) is 0 Å². The first-order chi connectivity index (χ1) is 8.49. The van der Waals surface area contributed by atoms with Gasteiger partial charge >= 0.3 is 0 Å². The van der Waals surface area contributed by atoms with Gasteiger partial charge in [-0.25, -0.2) is 15.0 Å². The van der Waals surface area contributed by atoms with Crippen molar-refractivity contribution in [2.75, 3.05) is 0 Å².